The average Bonchev–Trinajstić information content (AvgIpc) is 2.75. The molecule has 3 aromatic carbocycles. The molecule has 0 fully saturated rings. The summed E-state index contributed by atoms with van der Waals surface area (Å²) < 4.78 is 11.9. The van der Waals surface area contributed by atoms with Crippen molar-refractivity contribution in [3.05, 3.63) is 91.9 Å². The number of hydrazone groups is 1. The maximum Gasteiger partial charge on any atom is 0.275 e. The summed E-state index contributed by atoms with van der Waals surface area (Å²) in [5.41, 5.74) is 4.46. The molecule has 1 amide bonds. The van der Waals surface area contributed by atoms with Crippen LogP contribution in [0, 0.1) is 0 Å². The van der Waals surface area contributed by atoms with E-state index >= 15 is 0 Å². The van der Waals surface area contributed by atoms with Gasteiger partial charge in [-0.2, -0.15) is 5.10 Å². The first kappa shape index (κ1) is 22.2. The van der Waals surface area contributed by atoms with E-state index in [4.69, 9.17) is 32.7 Å². The topological polar surface area (TPSA) is 59.9 Å². The number of amides is 1. The number of hydrogen-bond donors (Lipinski definition) is 1. The number of rotatable bonds is 7. The summed E-state index contributed by atoms with van der Waals surface area (Å²) in [7, 11) is 1.50. The number of para-hydroxylation sites is 1. The van der Waals surface area contributed by atoms with E-state index in [0.29, 0.717) is 39.3 Å². The standard InChI is InChI=1S/C22H17BrCl2N2O3/c1-29-21-9-7-16(23)11-17(21)22(28)27-26-12-15-4-2-3-5-20(15)30-13-14-6-8-18(24)19(25)10-14/h2-12H,13H2,1H3,(H,27,28)/b26-12-. The largest absolute Gasteiger partial charge is 0.496 e. The first-order valence-electron chi connectivity index (χ1n) is 8.80. The van der Waals surface area contributed by atoms with Crippen LogP contribution in [0.1, 0.15) is 21.5 Å². The van der Waals surface area contributed by atoms with Crippen molar-refractivity contribution in [1.82, 2.24) is 5.43 Å². The Morgan fingerprint density at radius 1 is 1.07 bits per heavy atom. The number of carbonyl (C=O) groups is 1. The van der Waals surface area contributed by atoms with Gasteiger partial charge in [-0.15, -0.1) is 0 Å². The second-order valence-electron chi connectivity index (χ2n) is 6.12. The van der Waals surface area contributed by atoms with Crippen molar-refractivity contribution in [2.45, 2.75) is 6.61 Å². The van der Waals surface area contributed by atoms with Crippen LogP contribution in [-0.4, -0.2) is 19.2 Å². The number of methoxy groups -OCH3 is 1. The molecule has 154 valence electrons. The molecule has 5 nitrogen and oxygen atoms in total. The van der Waals surface area contributed by atoms with E-state index < -0.39 is 5.91 Å². The highest BCUT2D eigenvalue weighted by atomic mass is 79.9. The monoisotopic (exact) mass is 506 g/mol. The quantitative estimate of drug-likeness (QED) is 0.310. The number of nitrogens with one attached hydrogen (secondary N) is 1. The molecule has 0 aliphatic rings. The Morgan fingerprint density at radius 3 is 2.63 bits per heavy atom. The van der Waals surface area contributed by atoms with Crippen LogP contribution in [-0.2, 0) is 6.61 Å². The fraction of sp³-hybridized carbons (Fsp3) is 0.0909. The zero-order valence-electron chi connectivity index (χ0n) is 15.9. The molecule has 0 saturated heterocycles. The third-order valence-corrected chi connectivity index (χ3v) is 5.31. The molecule has 0 radical (unpaired) electrons. The van der Waals surface area contributed by atoms with Crippen molar-refractivity contribution in [3.8, 4) is 11.5 Å². The number of hydrogen-bond acceptors (Lipinski definition) is 4. The molecule has 0 bridgehead atoms. The lowest BCUT2D eigenvalue weighted by Crippen LogP contribution is -2.18. The van der Waals surface area contributed by atoms with Crippen LogP contribution < -0.4 is 14.9 Å². The Kier molecular flexibility index (Phi) is 7.74. The number of ether oxygens (including phenoxy) is 2. The Morgan fingerprint density at radius 2 is 1.87 bits per heavy atom. The summed E-state index contributed by atoms with van der Waals surface area (Å²) in [6.45, 7) is 0.309. The number of nitrogens with zero attached hydrogens (tertiary/aromatic N) is 1. The van der Waals surface area contributed by atoms with Crippen LogP contribution in [0.3, 0.4) is 0 Å². The maximum atomic E-state index is 12.4. The molecule has 0 aliphatic heterocycles. The Balaban J connectivity index is 1.68. The number of carbonyl (C=O) groups excluding carboxylic acids is 1. The van der Waals surface area contributed by atoms with Crippen LogP contribution in [0.5, 0.6) is 11.5 Å². The van der Waals surface area contributed by atoms with Gasteiger partial charge in [0.2, 0.25) is 0 Å². The van der Waals surface area contributed by atoms with Crippen molar-refractivity contribution in [2.75, 3.05) is 7.11 Å². The minimum Gasteiger partial charge on any atom is -0.496 e. The second kappa shape index (κ2) is 10.5. The molecule has 3 rings (SSSR count). The zero-order valence-corrected chi connectivity index (χ0v) is 19.0. The summed E-state index contributed by atoms with van der Waals surface area (Å²) in [4.78, 5) is 12.4. The van der Waals surface area contributed by atoms with Gasteiger partial charge in [-0.05, 0) is 48.0 Å². The molecule has 30 heavy (non-hydrogen) atoms. The molecular formula is C22H17BrCl2N2O3. The normalized spacial score (nSPS) is 10.8. The molecule has 1 N–H and O–H groups in total. The van der Waals surface area contributed by atoms with Crippen molar-refractivity contribution >= 4 is 51.3 Å². The van der Waals surface area contributed by atoms with Gasteiger partial charge < -0.3 is 9.47 Å². The molecule has 0 spiro atoms. The van der Waals surface area contributed by atoms with E-state index in [9.17, 15) is 4.79 Å². The summed E-state index contributed by atoms with van der Waals surface area (Å²) >= 11 is 15.3. The van der Waals surface area contributed by atoms with Crippen molar-refractivity contribution in [2.24, 2.45) is 5.10 Å². The molecular weight excluding hydrogens is 491 g/mol. The molecule has 3 aromatic rings. The molecule has 8 heteroatoms. The highest BCUT2D eigenvalue weighted by Crippen LogP contribution is 2.25. The third kappa shape index (κ3) is 5.75. The number of halogens is 3. The molecule has 0 aromatic heterocycles. The van der Waals surface area contributed by atoms with Crippen LogP contribution >= 0.6 is 39.1 Å². The van der Waals surface area contributed by atoms with Gasteiger partial charge in [0.15, 0.2) is 0 Å². The molecule has 0 unspecified atom stereocenters. The van der Waals surface area contributed by atoms with Crippen LogP contribution in [0.15, 0.2) is 70.2 Å². The lowest BCUT2D eigenvalue weighted by atomic mass is 10.2. The first-order valence-corrected chi connectivity index (χ1v) is 10.4. The Hall–Kier alpha value is -2.54. The van der Waals surface area contributed by atoms with E-state index in [1.54, 1.807) is 30.3 Å². The minimum atomic E-state index is -0.390. The van der Waals surface area contributed by atoms with Crippen LogP contribution in [0.25, 0.3) is 0 Å². The summed E-state index contributed by atoms with van der Waals surface area (Å²) in [5.74, 6) is 0.677. The fourth-order valence-corrected chi connectivity index (χ4v) is 3.27. The van der Waals surface area contributed by atoms with Gasteiger partial charge in [0.25, 0.3) is 5.91 Å². The highest BCUT2D eigenvalue weighted by molar-refractivity contribution is 9.10. The van der Waals surface area contributed by atoms with E-state index in [-0.39, 0.29) is 0 Å². The first-order chi connectivity index (χ1) is 14.5. The average molecular weight is 508 g/mol. The van der Waals surface area contributed by atoms with Crippen LogP contribution in [0.2, 0.25) is 10.0 Å². The smallest absolute Gasteiger partial charge is 0.275 e. The molecule has 0 aliphatic carbocycles. The van der Waals surface area contributed by atoms with Crippen LogP contribution in [0.4, 0.5) is 0 Å². The fourth-order valence-electron chi connectivity index (χ4n) is 2.59. The van der Waals surface area contributed by atoms with Gasteiger partial charge in [0.1, 0.15) is 18.1 Å². The zero-order chi connectivity index (χ0) is 21.5. The van der Waals surface area contributed by atoms with Crippen molar-refractivity contribution in [3.63, 3.8) is 0 Å². The maximum absolute atomic E-state index is 12.4. The van der Waals surface area contributed by atoms with E-state index in [0.717, 1.165) is 10.0 Å². The van der Waals surface area contributed by atoms with E-state index in [1.165, 1.54) is 13.3 Å². The summed E-state index contributed by atoms with van der Waals surface area (Å²) in [5, 5.41) is 5.01. The summed E-state index contributed by atoms with van der Waals surface area (Å²) in [6, 6.07) is 17.8. The van der Waals surface area contributed by atoms with Crippen molar-refractivity contribution < 1.29 is 14.3 Å². The third-order valence-electron chi connectivity index (χ3n) is 4.07. The van der Waals surface area contributed by atoms with Gasteiger partial charge in [-0.25, -0.2) is 5.43 Å². The second-order valence-corrected chi connectivity index (χ2v) is 7.85. The SMILES string of the molecule is COc1ccc(Br)cc1C(=O)N/N=C\c1ccccc1OCc1ccc(Cl)c(Cl)c1. The lowest BCUT2D eigenvalue weighted by Gasteiger charge is -2.10. The van der Waals surface area contributed by atoms with Gasteiger partial charge in [0.05, 0.1) is 28.9 Å². The molecule has 0 heterocycles. The molecule has 0 atom stereocenters. The molecule has 0 saturated carbocycles. The summed E-state index contributed by atoms with van der Waals surface area (Å²) in [6.07, 6.45) is 1.52. The van der Waals surface area contributed by atoms with Gasteiger partial charge >= 0.3 is 0 Å². The predicted octanol–water partition coefficient (Wildman–Crippen LogP) is 6.11. The van der Waals surface area contributed by atoms with Gasteiger partial charge in [0, 0.05) is 10.0 Å². The van der Waals surface area contributed by atoms with Gasteiger partial charge in [-0.3, -0.25) is 4.79 Å². The number of benzene rings is 3. The Bertz CT molecular complexity index is 1090. The lowest BCUT2D eigenvalue weighted by molar-refractivity contribution is 0.0952. The van der Waals surface area contributed by atoms with Crippen molar-refractivity contribution in [1.29, 1.82) is 0 Å². The Labute approximate surface area is 192 Å². The van der Waals surface area contributed by atoms with Gasteiger partial charge in [-0.1, -0.05) is 57.3 Å². The minimum absolute atomic E-state index is 0.309. The predicted molar refractivity (Wildman–Crippen MR) is 123 cm³/mol. The van der Waals surface area contributed by atoms with E-state index in [1.807, 2.05) is 30.3 Å². The van der Waals surface area contributed by atoms with E-state index in [2.05, 4.69) is 26.5 Å². The highest BCUT2D eigenvalue weighted by Gasteiger charge is 2.12.